The minimum Gasteiger partial charge on any atom is -0.545 e. The Hall–Kier alpha value is -2.34. The molecule has 0 saturated heterocycles. The van der Waals surface area contributed by atoms with E-state index in [2.05, 4.69) is 21.2 Å². The minimum atomic E-state index is -1.36. The summed E-state index contributed by atoms with van der Waals surface area (Å²) in [5.74, 6) is -1.18. The van der Waals surface area contributed by atoms with Crippen LogP contribution in [0.15, 0.2) is 34.8 Å². The van der Waals surface area contributed by atoms with E-state index in [4.69, 9.17) is 4.74 Å². The largest absolute Gasteiger partial charge is 0.545 e. The lowest BCUT2D eigenvalue weighted by atomic mass is 10.1. The van der Waals surface area contributed by atoms with Crippen molar-refractivity contribution >= 4 is 33.5 Å². The summed E-state index contributed by atoms with van der Waals surface area (Å²) in [6.07, 6.45) is 0. The molecule has 0 aliphatic heterocycles. The molecule has 6 heteroatoms. The second-order valence-electron chi connectivity index (χ2n) is 5.52. The van der Waals surface area contributed by atoms with Crippen LogP contribution in [0.5, 0.6) is 5.75 Å². The van der Waals surface area contributed by atoms with Gasteiger partial charge in [-0.2, -0.15) is 0 Å². The van der Waals surface area contributed by atoms with Crippen LogP contribution in [0.3, 0.4) is 0 Å². The van der Waals surface area contributed by atoms with E-state index in [0.29, 0.717) is 10.2 Å². The van der Waals surface area contributed by atoms with E-state index in [0.717, 1.165) is 16.7 Å². The Morgan fingerprint density at radius 1 is 1.08 bits per heavy atom. The molecule has 2 aromatic carbocycles. The van der Waals surface area contributed by atoms with E-state index in [-0.39, 0.29) is 17.9 Å². The number of amides is 1. The molecule has 0 bridgehead atoms. The first-order valence-electron chi connectivity index (χ1n) is 7.29. The first kappa shape index (κ1) is 18.0. The lowest BCUT2D eigenvalue weighted by molar-refractivity contribution is -0.254. The number of carbonyl (C=O) groups excluding carboxylic acids is 2. The maximum absolute atomic E-state index is 12.0. The molecule has 2 aromatic rings. The number of carbonyl (C=O) groups is 2. The Bertz CT molecular complexity index is 802. The average Bonchev–Trinajstić information content (AvgIpc) is 2.51. The molecule has 5 nitrogen and oxygen atoms in total. The molecule has 0 heterocycles. The summed E-state index contributed by atoms with van der Waals surface area (Å²) in [4.78, 5) is 23.2. The predicted molar refractivity (Wildman–Crippen MR) is 93.3 cm³/mol. The molecule has 1 amide bonds. The Balaban J connectivity index is 2.07. The molecule has 0 aliphatic carbocycles. The van der Waals surface area contributed by atoms with Gasteiger partial charge in [-0.15, -0.1) is 0 Å². The molecule has 1 N–H and O–H groups in total. The molecule has 0 unspecified atom stereocenters. The molecule has 0 atom stereocenters. The summed E-state index contributed by atoms with van der Waals surface area (Å²) in [7, 11) is 0. The average molecular weight is 391 g/mol. The van der Waals surface area contributed by atoms with Crippen LogP contribution in [0.25, 0.3) is 0 Å². The highest BCUT2D eigenvalue weighted by Crippen LogP contribution is 2.23. The molecule has 0 aliphatic rings. The third kappa shape index (κ3) is 4.35. The second-order valence-corrected chi connectivity index (χ2v) is 6.43. The zero-order valence-electron chi connectivity index (χ0n) is 13.6. The van der Waals surface area contributed by atoms with Gasteiger partial charge in [-0.3, -0.25) is 4.79 Å². The number of rotatable bonds is 5. The van der Waals surface area contributed by atoms with Crippen LogP contribution in [-0.4, -0.2) is 18.5 Å². The van der Waals surface area contributed by atoms with Crippen molar-refractivity contribution in [1.82, 2.24) is 0 Å². The maximum Gasteiger partial charge on any atom is 0.262 e. The van der Waals surface area contributed by atoms with Crippen LogP contribution in [0, 0.1) is 20.8 Å². The number of hydrogen-bond acceptors (Lipinski definition) is 4. The lowest BCUT2D eigenvalue weighted by Gasteiger charge is -2.14. The van der Waals surface area contributed by atoms with Gasteiger partial charge in [0.15, 0.2) is 6.61 Å². The van der Waals surface area contributed by atoms with E-state index < -0.39 is 11.9 Å². The summed E-state index contributed by atoms with van der Waals surface area (Å²) < 4.78 is 6.13. The van der Waals surface area contributed by atoms with Crippen LogP contribution in [0.1, 0.15) is 27.0 Å². The highest BCUT2D eigenvalue weighted by atomic mass is 79.9. The van der Waals surface area contributed by atoms with Gasteiger partial charge in [0.05, 0.1) is 5.97 Å². The standard InChI is InChI=1S/C18H18BrNO4/c1-10-6-12(3)16(7-11(10)2)24-9-17(21)20-15-5-4-13(19)8-14(15)18(22)23/h4-8H,9H2,1-3H3,(H,20,21)(H,22,23)/p-1. The Morgan fingerprint density at radius 3 is 2.42 bits per heavy atom. The molecule has 0 radical (unpaired) electrons. The Labute approximate surface area is 148 Å². The van der Waals surface area contributed by atoms with Crippen LogP contribution < -0.4 is 15.2 Å². The van der Waals surface area contributed by atoms with E-state index in [1.54, 1.807) is 6.07 Å². The van der Waals surface area contributed by atoms with Crippen molar-refractivity contribution in [3.63, 3.8) is 0 Å². The Morgan fingerprint density at radius 2 is 1.75 bits per heavy atom. The summed E-state index contributed by atoms with van der Waals surface area (Å²) >= 11 is 3.18. The molecule has 0 spiro atoms. The molecule has 0 saturated carbocycles. The van der Waals surface area contributed by atoms with Crippen molar-refractivity contribution in [3.8, 4) is 5.75 Å². The van der Waals surface area contributed by atoms with Gasteiger partial charge in [0.2, 0.25) is 0 Å². The van der Waals surface area contributed by atoms with E-state index >= 15 is 0 Å². The summed E-state index contributed by atoms with van der Waals surface area (Å²) in [5, 5.41) is 13.7. The number of aromatic carboxylic acids is 1. The fourth-order valence-electron chi connectivity index (χ4n) is 2.21. The van der Waals surface area contributed by atoms with Gasteiger partial charge in [0.1, 0.15) is 5.75 Å². The highest BCUT2D eigenvalue weighted by molar-refractivity contribution is 9.10. The SMILES string of the molecule is Cc1cc(C)c(OCC(=O)Nc2ccc(Br)cc2C(=O)[O-])cc1C. The second kappa shape index (κ2) is 7.49. The number of ether oxygens (including phenoxy) is 1. The smallest absolute Gasteiger partial charge is 0.262 e. The fourth-order valence-corrected chi connectivity index (χ4v) is 2.57. The van der Waals surface area contributed by atoms with Crippen molar-refractivity contribution < 1.29 is 19.4 Å². The van der Waals surface area contributed by atoms with E-state index in [9.17, 15) is 14.7 Å². The van der Waals surface area contributed by atoms with Gasteiger partial charge in [0, 0.05) is 15.7 Å². The maximum atomic E-state index is 12.0. The van der Waals surface area contributed by atoms with E-state index in [1.807, 2.05) is 32.9 Å². The number of nitrogens with one attached hydrogen (secondary N) is 1. The van der Waals surface area contributed by atoms with Gasteiger partial charge in [-0.1, -0.05) is 22.0 Å². The third-order valence-electron chi connectivity index (χ3n) is 3.63. The molecular formula is C18H17BrNO4-. The normalized spacial score (nSPS) is 10.3. The van der Waals surface area contributed by atoms with Gasteiger partial charge >= 0.3 is 0 Å². The summed E-state index contributed by atoms with van der Waals surface area (Å²) in [5.41, 5.74) is 3.23. The van der Waals surface area contributed by atoms with Crippen LogP contribution >= 0.6 is 15.9 Å². The zero-order valence-corrected chi connectivity index (χ0v) is 15.2. The van der Waals surface area contributed by atoms with E-state index in [1.165, 1.54) is 12.1 Å². The first-order chi connectivity index (χ1) is 11.3. The van der Waals surface area contributed by atoms with Crippen LogP contribution in [0.4, 0.5) is 5.69 Å². The number of aryl methyl sites for hydroxylation is 3. The quantitative estimate of drug-likeness (QED) is 0.850. The van der Waals surface area contributed by atoms with Gasteiger partial charge in [0.25, 0.3) is 5.91 Å². The topological polar surface area (TPSA) is 78.5 Å². The van der Waals surface area contributed by atoms with Crippen molar-refractivity contribution in [2.45, 2.75) is 20.8 Å². The van der Waals surface area contributed by atoms with Gasteiger partial charge < -0.3 is 20.0 Å². The van der Waals surface area contributed by atoms with Crippen molar-refractivity contribution in [2.24, 2.45) is 0 Å². The minimum absolute atomic E-state index is 0.0971. The summed E-state index contributed by atoms with van der Waals surface area (Å²) in [6.45, 7) is 5.66. The zero-order chi connectivity index (χ0) is 17.9. The molecule has 0 aromatic heterocycles. The lowest BCUT2D eigenvalue weighted by Crippen LogP contribution is -2.26. The molecular weight excluding hydrogens is 374 g/mol. The molecule has 0 fully saturated rings. The fraction of sp³-hybridized carbons (Fsp3) is 0.222. The van der Waals surface area contributed by atoms with Gasteiger partial charge in [-0.05, 0) is 61.7 Å². The number of halogens is 1. The number of anilines is 1. The molecule has 24 heavy (non-hydrogen) atoms. The highest BCUT2D eigenvalue weighted by Gasteiger charge is 2.10. The number of carboxylic acids is 1. The third-order valence-corrected chi connectivity index (χ3v) is 4.12. The Kier molecular flexibility index (Phi) is 5.62. The van der Waals surface area contributed by atoms with Crippen LogP contribution in [-0.2, 0) is 4.79 Å². The molecule has 2 rings (SSSR count). The number of hydrogen-bond donors (Lipinski definition) is 1. The first-order valence-corrected chi connectivity index (χ1v) is 8.08. The number of carboxylic acid groups (broad SMARTS) is 1. The number of benzene rings is 2. The molecule has 126 valence electrons. The van der Waals surface area contributed by atoms with Crippen molar-refractivity contribution in [3.05, 3.63) is 57.1 Å². The van der Waals surface area contributed by atoms with Gasteiger partial charge in [-0.25, -0.2) is 0 Å². The monoisotopic (exact) mass is 390 g/mol. The predicted octanol–water partition coefficient (Wildman–Crippen LogP) is 2.76. The summed E-state index contributed by atoms with van der Waals surface area (Å²) in [6, 6.07) is 8.37. The van der Waals surface area contributed by atoms with Crippen molar-refractivity contribution in [2.75, 3.05) is 11.9 Å². The van der Waals surface area contributed by atoms with Crippen molar-refractivity contribution in [1.29, 1.82) is 0 Å². The van der Waals surface area contributed by atoms with Crippen LogP contribution in [0.2, 0.25) is 0 Å².